The van der Waals surface area contributed by atoms with Crippen LogP contribution in [-0.4, -0.2) is 44.0 Å². The van der Waals surface area contributed by atoms with E-state index in [0.717, 1.165) is 10.5 Å². The van der Waals surface area contributed by atoms with Crippen molar-refractivity contribution in [1.29, 1.82) is 0 Å². The van der Waals surface area contributed by atoms with Crippen LogP contribution < -0.4 is 10.6 Å². The molecule has 1 fully saturated rings. The van der Waals surface area contributed by atoms with Crippen molar-refractivity contribution in [2.24, 2.45) is 0 Å². The van der Waals surface area contributed by atoms with E-state index in [1.807, 2.05) is 30.3 Å². The molecule has 2 aromatic rings. The van der Waals surface area contributed by atoms with E-state index >= 15 is 0 Å². The van der Waals surface area contributed by atoms with E-state index < -0.39 is 23.9 Å². The predicted molar refractivity (Wildman–Crippen MR) is 78.9 cm³/mol. The van der Waals surface area contributed by atoms with Gasteiger partial charge in [-0.25, -0.2) is 9.89 Å². The van der Waals surface area contributed by atoms with E-state index in [4.69, 9.17) is 0 Å². The van der Waals surface area contributed by atoms with Gasteiger partial charge < -0.3 is 5.32 Å². The molecule has 1 unspecified atom stereocenters. The SMILES string of the molecule is O=C(CC1NC(=O)N(Cc2ccccc2)C1=O)Nc1ncn[nH]1. The van der Waals surface area contributed by atoms with Gasteiger partial charge in [-0.05, 0) is 5.56 Å². The van der Waals surface area contributed by atoms with Crippen molar-refractivity contribution in [1.82, 2.24) is 25.4 Å². The van der Waals surface area contributed by atoms with E-state index in [9.17, 15) is 14.4 Å². The summed E-state index contributed by atoms with van der Waals surface area (Å²) >= 11 is 0. The minimum atomic E-state index is -0.880. The summed E-state index contributed by atoms with van der Waals surface area (Å²) in [4.78, 5) is 40.9. The Morgan fingerprint density at radius 1 is 1.26 bits per heavy atom. The topological polar surface area (TPSA) is 120 Å². The minimum Gasteiger partial charge on any atom is -0.325 e. The van der Waals surface area contributed by atoms with Crippen LogP contribution in [0.1, 0.15) is 12.0 Å². The van der Waals surface area contributed by atoms with E-state index in [1.165, 1.54) is 6.33 Å². The summed E-state index contributed by atoms with van der Waals surface area (Å²) in [6.45, 7) is 0.172. The quantitative estimate of drug-likeness (QED) is 0.683. The van der Waals surface area contributed by atoms with E-state index in [0.29, 0.717) is 0 Å². The molecule has 9 nitrogen and oxygen atoms in total. The molecule has 0 aliphatic carbocycles. The van der Waals surface area contributed by atoms with Gasteiger partial charge in [-0.15, -0.1) is 0 Å². The van der Waals surface area contributed by atoms with Crippen LogP contribution in [0.25, 0.3) is 0 Å². The van der Waals surface area contributed by atoms with Crippen LogP contribution in [0.4, 0.5) is 10.7 Å². The molecule has 9 heteroatoms. The van der Waals surface area contributed by atoms with Crippen molar-refractivity contribution < 1.29 is 14.4 Å². The third-order valence-electron chi connectivity index (χ3n) is 3.35. The molecular weight excluding hydrogens is 300 g/mol. The molecule has 1 aromatic carbocycles. The maximum absolute atomic E-state index is 12.3. The zero-order valence-electron chi connectivity index (χ0n) is 12.0. The Bertz CT molecular complexity index is 715. The fourth-order valence-corrected chi connectivity index (χ4v) is 2.27. The molecule has 1 aromatic heterocycles. The third kappa shape index (κ3) is 3.34. The van der Waals surface area contributed by atoms with Crippen LogP contribution in [0.3, 0.4) is 0 Å². The first kappa shape index (κ1) is 14.7. The molecule has 1 aliphatic heterocycles. The summed E-state index contributed by atoms with van der Waals surface area (Å²) in [7, 11) is 0. The number of H-pyrrole nitrogens is 1. The largest absolute Gasteiger partial charge is 0.325 e. The number of aromatic nitrogens is 3. The average molecular weight is 314 g/mol. The van der Waals surface area contributed by atoms with E-state index in [-0.39, 0.29) is 18.9 Å². The number of imide groups is 1. The molecule has 2 heterocycles. The zero-order valence-corrected chi connectivity index (χ0v) is 12.0. The number of amides is 4. The zero-order chi connectivity index (χ0) is 16.2. The van der Waals surface area contributed by atoms with Gasteiger partial charge in [0, 0.05) is 0 Å². The number of rotatable bonds is 5. The number of carbonyl (C=O) groups excluding carboxylic acids is 3. The van der Waals surface area contributed by atoms with Gasteiger partial charge in [0.05, 0.1) is 13.0 Å². The van der Waals surface area contributed by atoms with Crippen LogP contribution in [0.2, 0.25) is 0 Å². The molecule has 1 saturated heterocycles. The number of nitrogens with one attached hydrogen (secondary N) is 3. The van der Waals surface area contributed by atoms with Crippen molar-refractivity contribution >= 4 is 23.8 Å². The number of hydrogen-bond acceptors (Lipinski definition) is 5. The second kappa shape index (κ2) is 6.26. The Morgan fingerprint density at radius 3 is 2.74 bits per heavy atom. The lowest BCUT2D eigenvalue weighted by atomic mass is 10.2. The second-order valence-electron chi connectivity index (χ2n) is 5.00. The third-order valence-corrected chi connectivity index (χ3v) is 3.35. The minimum absolute atomic E-state index is 0.170. The molecule has 118 valence electrons. The molecular formula is C14H14N6O3. The predicted octanol–water partition coefficient (Wildman–Crippen LogP) is 0.254. The lowest BCUT2D eigenvalue weighted by molar-refractivity contribution is -0.130. The van der Waals surface area contributed by atoms with Crippen molar-refractivity contribution in [3.05, 3.63) is 42.2 Å². The smallest absolute Gasteiger partial charge is 0.325 e. The molecule has 4 amide bonds. The number of hydrogen-bond donors (Lipinski definition) is 3. The highest BCUT2D eigenvalue weighted by Crippen LogP contribution is 2.14. The van der Waals surface area contributed by atoms with Crippen LogP contribution in [0, 0.1) is 0 Å². The van der Waals surface area contributed by atoms with Gasteiger partial charge in [-0.1, -0.05) is 30.3 Å². The van der Waals surface area contributed by atoms with Gasteiger partial charge >= 0.3 is 6.03 Å². The number of urea groups is 1. The fourth-order valence-electron chi connectivity index (χ4n) is 2.27. The first-order chi connectivity index (χ1) is 11.1. The Morgan fingerprint density at radius 2 is 2.04 bits per heavy atom. The number of anilines is 1. The van der Waals surface area contributed by atoms with Crippen LogP contribution >= 0.6 is 0 Å². The molecule has 1 aliphatic rings. The molecule has 1 atom stereocenters. The summed E-state index contributed by atoms with van der Waals surface area (Å²) in [6.07, 6.45) is 1.08. The Balaban J connectivity index is 1.60. The standard InChI is InChI=1S/C14H14N6O3/c21-11(18-13-15-8-16-19-13)6-10-12(22)20(14(23)17-10)7-9-4-2-1-3-5-9/h1-5,8,10H,6-7H2,(H,17,23)(H2,15,16,18,19,21). The van der Waals surface area contributed by atoms with Crippen LogP contribution in [-0.2, 0) is 16.1 Å². The summed E-state index contributed by atoms with van der Waals surface area (Å²) in [5, 5.41) is 11.0. The van der Waals surface area contributed by atoms with Gasteiger partial charge in [-0.2, -0.15) is 10.1 Å². The molecule has 23 heavy (non-hydrogen) atoms. The normalized spacial score (nSPS) is 17.2. The lowest BCUT2D eigenvalue weighted by Gasteiger charge is -2.12. The van der Waals surface area contributed by atoms with Gasteiger partial charge in [0.25, 0.3) is 5.91 Å². The maximum atomic E-state index is 12.3. The molecule has 3 N–H and O–H groups in total. The van der Waals surface area contributed by atoms with Gasteiger partial charge in [0.1, 0.15) is 12.4 Å². The Kier molecular flexibility index (Phi) is 4.00. The molecule has 0 spiro atoms. The number of benzene rings is 1. The van der Waals surface area contributed by atoms with Crippen LogP contribution in [0.15, 0.2) is 36.7 Å². The Hall–Kier alpha value is -3.23. The molecule has 0 saturated carbocycles. The second-order valence-corrected chi connectivity index (χ2v) is 5.00. The van der Waals surface area contributed by atoms with Crippen molar-refractivity contribution in [2.75, 3.05) is 5.32 Å². The van der Waals surface area contributed by atoms with Crippen molar-refractivity contribution in [3.8, 4) is 0 Å². The summed E-state index contributed by atoms with van der Waals surface area (Å²) < 4.78 is 0. The number of aromatic amines is 1. The number of nitrogens with zero attached hydrogens (tertiary/aromatic N) is 3. The summed E-state index contributed by atoms with van der Waals surface area (Å²) in [5.74, 6) is -0.679. The molecule has 0 bridgehead atoms. The highest BCUT2D eigenvalue weighted by molar-refractivity contribution is 6.06. The van der Waals surface area contributed by atoms with E-state index in [1.54, 1.807) is 0 Å². The number of carbonyl (C=O) groups is 3. The van der Waals surface area contributed by atoms with E-state index in [2.05, 4.69) is 25.8 Å². The molecule has 3 rings (SSSR count). The Labute approximate surface area is 131 Å². The van der Waals surface area contributed by atoms with Gasteiger partial charge in [-0.3, -0.25) is 19.8 Å². The van der Waals surface area contributed by atoms with Crippen molar-refractivity contribution in [2.45, 2.75) is 19.0 Å². The highest BCUT2D eigenvalue weighted by Gasteiger charge is 2.38. The van der Waals surface area contributed by atoms with Crippen LogP contribution in [0.5, 0.6) is 0 Å². The lowest BCUT2D eigenvalue weighted by Crippen LogP contribution is -2.34. The fraction of sp³-hybridized carbons (Fsp3) is 0.214. The maximum Gasteiger partial charge on any atom is 0.325 e. The summed E-state index contributed by atoms with van der Waals surface area (Å²) in [5.41, 5.74) is 0.836. The van der Waals surface area contributed by atoms with Gasteiger partial charge in [0.2, 0.25) is 11.9 Å². The van der Waals surface area contributed by atoms with Gasteiger partial charge in [0.15, 0.2) is 0 Å². The van der Waals surface area contributed by atoms with Crippen molar-refractivity contribution in [3.63, 3.8) is 0 Å². The first-order valence-corrected chi connectivity index (χ1v) is 6.94. The first-order valence-electron chi connectivity index (χ1n) is 6.94. The monoisotopic (exact) mass is 314 g/mol. The molecule has 0 radical (unpaired) electrons. The summed E-state index contributed by atoms with van der Waals surface area (Å²) in [6, 6.07) is 7.78. The highest BCUT2D eigenvalue weighted by atomic mass is 16.2. The average Bonchev–Trinajstić information content (AvgIpc) is 3.12.